The van der Waals surface area contributed by atoms with Gasteiger partial charge in [-0.05, 0) is 37.1 Å². The number of hydrogen-bond donors (Lipinski definition) is 1. The maximum Gasteiger partial charge on any atom is 0.0595 e. The van der Waals surface area contributed by atoms with Crippen molar-refractivity contribution in [3.05, 3.63) is 24.3 Å². The fourth-order valence-corrected chi connectivity index (χ4v) is 1.39. The van der Waals surface area contributed by atoms with E-state index in [1.54, 1.807) is 0 Å². The van der Waals surface area contributed by atoms with Gasteiger partial charge < -0.3 is 5.73 Å². The summed E-state index contributed by atoms with van der Waals surface area (Å²) in [6.07, 6.45) is 4.22. The number of rotatable bonds is 1. The van der Waals surface area contributed by atoms with E-state index in [1.807, 2.05) is 35.5 Å². The van der Waals surface area contributed by atoms with E-state index in [0.717, 1.165) is 24.3 Å². The molecule has 1 aromatic rings. The quantitative estimate of drug-likeness (QED) is 0.662. The van der Waals surface area contributed by atoms with Gasteiger partial charge >= 0.3 is 0 Å². The third-order valence-electron chi connectivity index (χ3n) is 2.12. The van der Waals surface area contributed by atoms with Crippen molar-refractivity contribution in [2.24, 2.45) is 5.10 Å². The van der Waals surface area contributed by atoms with Crippen molar-refractivity contribution in [3.63, 3.8) is 0 Å². The van der Waals surface area contributed by atoms with Crippen molar-refractivity contribution in [1.82, 2.24) is 0 Å². The van der Waals surface area contributed by atoms with Gasteiger partial charge in [-0.2, -0.15) is 5.10 Å². The van der Waals surface area contributed by atoms with E-state index in [1.165, 1.54) is 6.42 Å². The highest BCUT2D eigenvalue weighted by atomic mass is 15.5. The Labute approximate surface area is 77.9 Å². The second kappa shape index (κ2) is 3.47. The predicted molar refractivity (Wildman–Crippen MR) is 55.9 cm³/mol. The van der Waals surface area contributed by atoms with E-state index in [4.69, 9.17) is 5.73 Å². The molecule has 0 aromatic heterocycles. The lowest BCUT2D eigenvalue weighted by Crippen LogP contribution is -2.21. The first-order valence-electron chi connectivity index (χ1n) is 4.52. The van der Waals surface area contributed by atoms with Crippen LogP contribution in [0.15, 0.2) is 29.4 Å². The summed E-state index contributed by atoms with van der Waals surface area (Å²) >= 11 is 0. The lowest BCUT2D eigenvalue weighted by Gasteiger charge is -2.21. The van der Waals surface area contributed by atoms with Crippen LogP contribution in [-0.2, 0) is 0 Å². The highest BCUT2D eigenvalue weighted by Gasteiger charge is 2.06. The van der Waals surface area contributed by atoms with Crippen LogP contribution in [0, 0.1) is 0 Å². The maximum absolute atomic E-state index is 5.60. The van der Waals surface area contributed by atoms with Gasteiger partial charge in [0.05, 0.1) is 5.69 Å². The van der Waals surface area contributed by atoms with E-state index < -0.39 is 0 Å². The second-order valence-electron chi connectivity index (χ2n) is 3.15. The van der Waals surface area contributed by atoms with E-state index in [-0.39, 0.29) is 0 Å². The normalized spacial score (nSPS) is 16.2. The Balaban J connectivity index is 2.19. The Morgan fingerprint density at radius 2 is 2.00 bits per heavy atom. The van der Waals surface area contributed by atoms with Crippen LogP contribution >= 0.6 is 0 Å². The Hall–Kier alpha value is -1.51. The average molecular weight is 175 g/mol. The van der Waals surface area contributed by atoms with E-state index in [9.17, 15) is 0 Å². The molecule has 0 atom stereocenters. The number of nitrogens with zero attached hydrogens (tertiary/aromatic N) is 2. The van der Waals surface area contributed by atoms with Gasteiger partial charge in [-0.15, -0.1) is 0 Å². The van der Waals surface area contributed by atoms with Crippen molar-refractivity contribution in [1.29, 1.82) is 0 Å². The molecule has 1 aromatic carbocycles. The molecule has 1 heterocycles. The predicted octanol–water partition coefficient (Wildman–Crippen LogP) is 1.85. The van der Waals surface area contributed by atoms with Gasteiger partial charge in [-0.1, -0.05) is 0 Å². The highest BCUT2D eigenvalue weighted by molar-refractivity contribution is 5.62. The smallest absolute Gasteiger partial charge is 0.0595 e. The summed E-state index contributed by atoms with van der Waals surface area (Å²) in [6.45, 7) is 1.00. The van der Waals surface area contributed by atoms with Crippen molar-refractivity contribution in [2.45, 2.75) is 12.8 Å². The number of hydrazone groups is 1. The largest absolute Gasteiger partial charge is 0.399 e. The third kappa shape index (κ3) is 1.80. The van der Waals surface area contributed by atoms with Crippen LogP contribution in [0.1, 0.15) is 12.8 Å². The topological polar surface area (TPSA) is 41.6 Å². The Kier molecular flexibility index (Phi) is 2.17. The molecule has 13 heavy (non-hydrogen) atoms. The van der Waals surface area contributed by atoms with Crippen molar-refractivity contribution < 1.29 is 0 Å². The van der Waals surface area contributed by atoms with Gasteiger partial charge in [-0.3, -0.25) is 5.01 Å². The minimum atomic E-state index is 0.796. The Bertz CT molecular complexity index is 302. The summed E-state index contributed by atoms with van der Waals surface area (Å²) in [5, 5.41) is 6.30. The molecule has 1 aliphatic heterocycles. The van der Waals surface area contributed by atoms with E-state index in [2.05, 4.69) is 5.10 Å². The average Bonchev–Trinajstić information content (AvgIpc) is 2.20. The highest BCUT2D eigenvalue weighted by Crippen LogP contribution is 2.18. The van der Waals surface area contributed by atoms with Gasteiger partial charge in [0.2, 0.25) is 0 Å². The summed E-state index contributed by atoms with van der Waals surface area (Å²) in [5.74, 6) is 0. The zero-order valence-corrected chi connectivity index (χ0v) is 7.48. The lowest BCUT2D eigenvalue weighted by molar-refractivity contribution is 0.752. The summed E-state index contributed by atoms with van der Waals surface area (Å²) in [5.41, 5.74) is 7.51. The van der Waals surface area contributed by atoms with Gasteiger partial charge in [0, 0.05) is 18.4 Å². The molecule has 0 radical (unpaired) electrons. The minimum Gasteiger partial charge on any atom is -0.399 e. The number of nitrogens with two attached hydrogens (primary N) is 1. The molecule has 0 bridgehead atoms. The Morgan fingerprint density at radius 3 is 2.62 bits per heavy atom. The molecule has 2 rings (SSSR count). The first-order valence-corrected chi connectivity index (χ1v) is 4.52. The molecule has 3 nitrogen and oxygen atoms in total. The zero-order valence-electron chi connectivity index (χ0n) is 7.48. The number of nitrogen functional groups attached to an aromatic ring is 1. The molecule has 0 unspecified atom stereocenters. The zero-order chi connectivity index (χ0) is 9.10. The molecule has 0 fully saturated rings. The van der Waals surface area contributed by atoms with E-state index in [0.29, 0.717) is 0 Å². The molecule has 68 valence electrons. The monoisotopic (exact) mass is 175 g/mol. The molecule has 0 aliphatic carbocycles. The van der Waals surface area contributed by atoms with Gasteiger partial charge in [0.25, 0.3) is 0 Å². The molecule has 3 heteroatoms. The van der Waals surface area contributed by atoms with Crippen molar-refractivity contribution in [3.8, 4) is 0 Å². The van der Waals surface area contributed by atoms with Crippen LogP contribution in [0.25, 0.3) is 0 Å². The van der Waals surface area contributed by atoms with Crippen molar-refractivity contribution >= 4 is 17.6 Å². The summed E-state index contributed by atoms with van der Waals surface area (Å²) in [6, 6.07) is 7.80. The lowest BCUT2D eigenvalue weighted by atomic mass is 10.2. The Morgan fingerprint density at radius 1 is 1.23 bits per heavy atom. The maximum atomic E-state index is 5.60. The van der Waals surface area contributed by atoms with E-state index >= 15 is 0 Å². The van der Waals surface area contributed by atoms with Gasteiger partial charge in [0.15, 0.2) is 0 Å². The number of benzene rings is 1. The fraction of sp³-hybridized carbons (Fsp3) is 0.300. The molecule has 2 N–H and O–H groups in total. The fourth-order valence-electron chi connectivity index (χ4n) is 1.39. The van der Waals surface area contributed by atoms with Gasteiger partial charge in [0.1, 0.15) is 0 Å². The standard InChI is InChI=1S/C10H13N3/c11-9-3-5-10(6-4-9)13-8-2-1-7-12-13/h3-7H,1-2,8,11H2. The molecule has 1 aliphatic rings. The van der Waals surface area contributed by atoms with Crippen LogP contribution in [0.2, 0.25) is 0 Å². The molecule has 0 spiro atoms. The summed E-state index contributed by atoms with van der Waals surface area (Å²) in [7, 11) is 0. The third-order valence-corrected chi connectivity index (χ3v) is 2.12. The van der Waals surface area contributed by atoms with Crippen LogP contribution < -0.4 is 10.7 Å². The first-order chi connectivity index (χ1) is 6.36. The molecule has 0 saturated carbocycles. The van der Waals surface area contributed by atoms with Gasteiger partial charge in [-0.25, -0.2) is 0 Å². The molecular weight excluding hydrogens is 162 g/mol. The SMILES string of the molecule is Nc1ccc(N2CCCC=N2)cc1. The van der Waals surface area contributed by atoms with Crippen LogP contribution in [0.4, 0.5) is 11.4 Å². The van der Waals surface area contributed by atoms with Crippen molar-refractivity contribution in [2.75, 3.05) is 17.3 Å². The summed E-state index contributed by atoms with van der Waals surface area (Å²) < 4.78 is 0. The first kappa shape index (κ1) is 8.10. The molecule has 0 amide bonds. The number of hydrogen-bond acceptors (Lipinski definition) is 3. The molecular formula is C10H13N3. The summed E-state index contributed by atoms with van der Waals surface area (Å²) in [4.78, 5) is 0. The minimum absolute atomic E-state index is 0.796. The number of anilines is 2. The molecule has 0 saturated heterocycles. The second-order valence-corrected chi connectivity index (χ2v) is 3.15. The van der Waals surface area contributed by atoms with Crippen LogP contribution in [-0.4, -0.2) is 12.8 Å². The van der Waals surface area contributed by atoms with Crippen LogP contribution in [0.5, 0.6) is 0 Å². The van der Waals surface area contributed by atoms with Crippen LogP contribution in [0.3, 0.4) is 0 Å².